The third-order valence-corrected chi connectivity index (χ3v) is 2.70. The van der Waals surface area contributed by atoms with E-state index in [0.717, 1.165) is 3.57 Å². The van der Waals surface area contributed by atoms with Crippen LogP contribution in [0.25, 0.3) is 0 Å². The molecule has 0 spiro atoms. The standard InChI is InChI=1S/C11H10INO2/c1-3-15-9-4-8(6-13)11(7(2)14)10(12)5-9/h4-5H,3H2,1-2H3. The fourth-order valence-corrected chi connectivity index (χ4v) is 2.26. The topological polar surface area (TPSA) is 50.1 Å². The number of Topliss-reactive ketones (excluding diaryl/α,β-unsaturated/α-hetero) is 1. The lowest BCUT2D eigenvalue weighted by Gasteiger charge is -2.07. The molecule has 15 heavy (non-hydrogen) atoms. The number of nitriles is 1. The van der Waals surface area contributed by atoms with Crippen LogP contribution in [0.15, 0.2) is 12.1 Å². The number of halogens is 1. The van der Waals surface area contributed by atoms with E-state index in [1.807, 2.05) is 35.6 Å². The number of carbonyl (C=O) groups excluding carboxylic acids is 1. The summed E-state index contributed by atoms with van der Waals surface area (Å²) in [7, 11) is 0. The Bertz CT molecular complexity index is 435. The van der Waals surface area contributed by atoms with Crippen molar-refractivity contribution in [2.45, 2.75) is 13.8 Å². The number of hydrogen-bond acceptors (Lipinski definition) is 3. The zero-order chi connectivity index (χ0) is 11.4. The lowest BCUT2D eigenvalue weighted by atomic mass is 10.1. The molecule has 0 fully saturated rings. The molecule has 0 aliphatic heterocycles. The van der Waals surface area contributed by atoms with Crippen LogP contribution in [0, 0.1) is 14.9 Å². The summed E-state index contributed by atoms with van der Waals surface area (Å²) >= 11 is 2.04. The van der Waals surface area contributed by atoms with Gasteiger partial charge in [0.05, 0.1) is 12.2 Å². The summed E-state index contributed by atoms with van der Waals surface area (Å²) in [6.07, 6.45) is 0. The quantitative estimate of drug-likeness (QED) is 0.636. The van der Waals surface area contributed by atoms with Crippen molar-refractivity contribution in [3.63, 3.8) is 0 Å². The van der Waals surface area contributed by atoms with Gasteiger partial charge in [0.1, 0.15) is 11.8 Å². The third-order valence-electron chi connectivity index (χ3n) is 1.85. The largest absolute Gasteiger partial charge is 0.494 e. The minimum atomic E-state index is -0.0981. The summed E-state index contributed by atoms with van der Waals surface area (Å²) in [5.41, 5.74) is 0.847. The minimum absolute atomic E-state index is 0.0981. The van der Waals surface area contributed by atoms with Crippen molar-refractivity contribution in [1.82, 2.24) is 0 Å². The predicted octanol–water partition coefficient (Wildman–Crippen LogP) is 2.76. The Labute approximate surface area is 102 Å². The molecule has 78 valence electrons. The SMILES string of the molecule is CCOc1cc(I)c(C(C)=O)c(C#N)c1. The molecule has 0 aliphatic rings. The van der Waals surface area contributed by atoms with Crippen molar-refractivity contribution in [3.05, 3.63) is 26.8 Å². The molecule has 0 saturated carbocycles. The highest BCUT2D eigenvalue weighted by Crippen LogP contribution is 2.24. The van der Waals surface area contributed by atoms with Crippen LogP contribution in [0.2, 0.25) is 0 Å². The first kappa shape index (κ1) is 12.0. The molecule has 0 bridgehead atoms. The molecular weight excluding hydrogens is 305 g/mol. The summed E-state index contributed by atoms with van der Waals surface area (Å²) in [5.74, 6) is 0.530. The highest BCUT2D eigenvalue weighted by molar-refractivity contribution is 14.1. The highest BCUT2D eigenvalue weighted by atomic mass is 127. The van der Waals surface area contributed by atoms with Gasteiger partial charge < -0.3 is 4.74 Å². The lowest BCUT2D eigenvalue weighted by molar-refractivity contribution is 0.101. The van der Waals surface area contributed by atoms with E-state index in [-0.39, 0.29) is 5.78 Å². The van der Waals surface area contributed by atoms with Crippen molar-refractivity contribution in [2.24, 2.45) is 0 Å². The van der Waals surface area contributed by atoms with Gasteiger partial charge in [0.15, 0.2) is 5.78 Å². The number of hydrogen-bond donors (Lipinski definition) is 0. The average Bonchev–Trinajstić information content (AvgIpc) is 2.16. The first-order chi connectivity index (χ1) is 7.10. The van der Waals surface area contributed by atoms with Gasteiger partial charge in [-0.2, -0.15) is 5.26 Å². The molecule has 1 rings (SSSR count). The van der Waals surface area contributed by atoms with Gasteiger partial charge in [-0.25, -0.2) is 0 Å². The number of nitrogens with zero attached hydrogens (tertiary/aromatic N) is 1. The van der Waals surface area contributed by atoms with E-state index in [0.29, 0.717) is 23.5 Å². The molecule has 0 radical (unpaired) electrons. The zero-order valence-electron chi connectivity index (χ0n) is 8.50. The maximum absolute atomic E-state index is 11.3. The van der Waals surface area contributed by atoms with E-state index in [2.05, 4.69) is 0 Å². The van der Waals surface area contributed by atoms with E-state index in [9.17, 15) is 4.79 Å². The van der Waals surface area contributed by atoms with E-state index < -0.39 is 0 Å². The number of ether oxygens (including phenoxy) is 1. The number of rotatable bonds is 3. The molecule has 1 aromatic carbocycles. The molecule has 0 amide bonds. The van der Waals surface area contributed by atoms with Gasteiger partial charge in [0.2, 0.25) is 0 Å². The van der Waals surface area contributed by atoms with Crippen molar-refractivity contribution in [2.75, 3.05) is 6.61 Å². The highest BCUT2D eigenvalue weighted by Gasteiger charge is 2.13. The van der Waals surface area contributed by atoms with Crippen LogP contribution in [-0.2, 0) is 0 Å². The molecule has 3 nitrogen and oxygen atoms in total. The van der Waals surface area contributed by atoms with Crippen LogP contribution < -0.4 is 4.74 Å². The van der Waals surface area contributed by atoms with Gasteiger partial charge >= 0.3 is 0 Å². The van der Waals surface area contributed by atoms with Crippen LogP contribution in [0.5, 0.6) is 5.75 Å². The van der Waals surface area contributed by atoms with Gasteiger partial charge in [0.25, 0.3) is 0 Å². The molecule has 0 unspecified atom stereocenters. The Morgan fingerprint density at radius 3 is 2.73 bits per heavy atom. The lowest BCUT2D eigenvalue weighted by Crippen LogP contribution is -2.02. The van der Waals surface area contributed by atoms with Gasteiger partial charge in [0, 0.05) is 9.13 Å². The molecular formula is C11H10INO2. The molecule has 1 aromatic rings. The number of benzene rings is 1. The molecule has 0 aliphatic carbocycles. The molecule has 0 N–H and O–H groups in total. The van der Waals surface area contributed by atoms with Gasteiger partial charge in [-0.15, -0.1) is 0 Å². The van der Waals surface area contributed by atoms with E-state index in [4.69, 9.17) is 10.00 Å². The van der Waals surface area contributed by atoms with Gasteiger partial charge in [-0.3, -0.25) is 4.79 Å². The van der Waals surface area contributed by atoms with Crippen molar-refractivity contribution < 1.29 is 9.53 Å². The Morgan fingerprint density at radius 1 is 1.60 bits per heavy atom. The number of ketones is 1. The Morgan fingerprint density at radius 2 is 2.27 bits per heavy atom. The maximum atomic E-state index is 11.3. The summed E-state index contributed by atoms with van der Waals surface area (Å²) < 4.78 is 6.05. The fourth-order valence-electron chi connectivity index (χ4n) is 1.28. The first-order valence-corrected chi connectivity index (χ1v) is 5.55. The van der Waals surface area contributed by atoms with Crippen LogP contribution in [0.3, 0.4) is 0 Å². The second kappa shape index (κ2) is 5.12. The molecule has 4 heteroatoms. The normalized spacial score (nSPS) is 9.47. The third kappa shape index (κ3) is 2.69. The summed E-state index contributed by atoms with van der Waals surface area (Å²) in [6.45, 7) is 3.87. The van der Waals surface area contributed by atoms with Gasteiger partial charge in [-0.1, -0.05) is 0 Å². The van der Waals surface area contributed by atoms with Crippen LogP contribution >= 0.6 is 22.6 Å². The maximum Gasteiger partial charge on any atom is 0.162 e. The second-order valence-corrected chi connectivity index (χ2v) is 4.09. The molecule has 0 atom stereocenters. The van der Waals surface area contributed by atoms with E-state index >= 15 is 0 Å². The minimum Gasteiger partial charge on any atom is -0.494 e. The first-order valence-electron chi connectivity index (χ1n) is 4.47. The van der Waals surface area contributed by atoms with E-state index in [1.165, 1.54) is 6.92 Å². The Balaban J connectivity index is 3.32. The zero-order valence-corrected chi connectivity index (χ0v) is 10.7. The predicted molar refractivity (Wildman–Crippen MR) is 65.0 cm³/mol. The summed E-state index contributed by atoms with van der Waals surface area (Å²) in [6, 6.07) is 5.38. The molecule has 0 aromatic heterocycles. The average molecular weight is 315 g/mol. The summed E-state index contributed by atoms with van der Waals surface area (Å²) in [4.78, 5) is 11.3. The monoisotopic (exact) mass is 315 g/mol. The Hall–Kier alpha value is -1.09. The molecule has 0 saturated heterocycles. The smallest absolute Gasteiger partial charge is 0.162 e. The van der Waals surface area contributed by atoms with Crippen molar-refractivity contribution >= 4 is 28.4 Å². The van der Waals surface area contributed by atoms with Crippen LogP contribution in [0.1, 0.15) is 29.8 Å². The Kier molecular flexibility index (Phi) is 4.09. The van der Waals surface area contributed by atoms with Crippen molar-refractivity contribution in [1.29, 1.82) is 5.26 Å². The van der Waals surface area contributed by atoms with E-state index in [1.54, 1.807) is 12.1 Å². The second-order valence-electron chi connectivity index (χ2n) is 2.93. The molecule has 0 heterocycles. The van der Waals surface area contributed by atoms with Crippen LogP contribution in [0.4, 0.5) is 0 Å². The fraction of sp³-hybridized carbons (Fsp3) is 0.273. The van der Waals surface area contributed by atoms with Gasteiger partial charge in [-0.05, 0) is 48.6 Å². The number of carbonyl (C=O) groups is 1. The van der Waals surface area contributed by atoms with Crippen LogP contribution in [-0.4, -0.2) is 12.4 Å². The summed E-state index contributed by atoms with van der Waals surface area (Å²) in [5, 5.41) is 8.92. The van der Waals surface area contributed by atoms with Crippen molar-refractivity contribution in [3.8, 4) is 11.8 Å².